The number of aromatic nitrogens is 2. The lowest BCUT2D eigenvalue weighted by molar-refractivity contribution is 0.497. The van der Waals surface area contributed by atoms with Crippen LogP contribution in [0, 0.1) is 0 Å². The maximum Gasteiger partial charge on any atom is 0.264 e. The van der Waals surface area contributed by atoms with Gasteiger partial charge < -0.3 is 9.84 Å². The Hall–Kier alpha value is -2.42. The molecule has 1 aliphatic heterocycles. The van der Waals surface area contributed by atoms with E-state index in [2.05, 4.69) is 20.7 Å². The smallest absolute Gasteiger partial charge is 0.264 e. The minimum absolute atomic E-state index is 0.0263. The average molecular weight is 451 g/mol. The van der Waals surface area contributed by atoms with Gasteiger partial charge in [-0.25, -0.2) is 8.42 Å². The lowest BCUT2D eigenvalue weighted by Gasteiger charge is -2.09. The van der Waals surface area contributed by atoms with Crippen LogP contribution < -0.4 is 5.43 Å². The molecule has 29 heavy (non-hydrogen) atoms. The fraction of sp³-hybridized carbons (Fsp3) is 0.211. The Labute approximate surface area is 177 Å². The van der Waals surface area contributed by atoms with E-state index >= 15 is 0 Å². The quantitative estimate of drug-likeness (QED) is 0.615. The lowest BCUT2D eigenvalue weighted by Crippen LogP contribution is -2.14. The van der Waals surface area contributed by atoms with Crippen molar-refractivity contribution < 1.29 is 12.8 Å². The first-order chi connectivity index (χ1) is 13.9. The topological polar surface area (TPSA) is 97.5 Å². The third kappa shape index (κ3) is 4.77. The summed E-state index contributed by atoms with van der Waals surface area (Å²) in [5, 5.41) is 13.3. The molecule has 150 valence electrons. The minimum Gasteiger partial charge on any atom is -0.418 e. The van der Waals surface area contributed by atoms with Crippen LogP contribution >= 0.6 is 23.2 Å². The molecule has 1 aromatic heterocycles. The summed E-state index contributed by atoms with van der Waals surface area (Å²) < 4.78 is 30.6. The van der Waals surface area contributed by atoms with E-state index in [1.165, 1.54) is 0 Å². The Kier molecular flexibility index (Phi) is 5.58. The molecule has 3 aromatic rings. The number of nitrogens with zero attached hydrogens (tertiary/aromatic N) is 3. The van der Waals surface area contributed by atoms with Gasteiger partial charge in [0, 0.05) is 16.6 Å². The van der Waals surface area contributed by atoms with Crippen LogP contribution in [0.15, 0.2) is 58.0 Å². The Morgan fingerprint density at radius 1 is 0.966 bits per heavy atom. The van der Waals surface area contributed by atoms with Gasteiger partial charge in [-0.15, -0.1) is 10.2 Å². The summed E-state index contributed by atoms with van der Waals surface area (Å²) >= 11 is 11.8. The molecular formula is C19H16Cl2N4O3S. The summed E-state index contributed by atoms with van der Waals surface area (Å²) in [5.41, 5.74) is 5.13. The first-order valence-electron chi connectivity index (χ1n) is 8.73. The Bertz CT molecular complexity index is 1140. The van der Waals surface area contributed by atoms with Crippen molar-refractivity contribution in [1.82, 2.24) is 15.6 Å². The SMILES string of the molecule is O=S(=O)(Cc1ccc(Cl)cc1)Cc1nnc(C2=NNC[C@H]2c2ccc(Cl)cc2)o1. The largest absolute Gasteiger partial charge is 0.418 e. The second-order valence-corrected chi connectivity index (χ2v) is 9.56. The van der Waals surface area contributed by atoms with E-state index in [-0.39, 0.29) is 29.2 Å². The molecule has 0 spiro atoms. The van der Waals surface area contributed by atoms with Crippen LogP contribution in [0.25, 0.3) is 0 Å². The number of halogens is 2. The first kappa shape index (κ1) is 19.9. The van der Waals surface area contributed by atoms with E-state index in [9.17, 15) is 8.42 Å². The summed E-state index contributed by atoms with van der Waals surface area (Å²) in [4.78, 5) is 0. The van der Waals surface area contributed by atoms with Gasteiger partial charge in [0.1, 0.15) is 11.5 Å². The van der Waals surface area contributed by atoms with Crippen LogP contribution in [-0.4, -0.2) is 30.9 Å². The van der Waals surface area contributed by atoms with Crippen LogP contribution in [0.4, 0.5) is 0 Å². The summed E-state index contributed by atoms with van der Waals surface area (Å²) in [7, 11) is -3.49. The monoisotopic (exact) mass is 450 g/mol. The molecule has 0 amide bonds. The van der Waals surface area contributed by atoms with Crippen molar-refractivity contribution in [2.24, 2.45) is 5.10 Å². The Morgan fingerprint density at radius 3 is 2.31 bits per heavy atom. The number of benzene rings is 2. The van der Waals surface area contributed by atoms with Crippen molar-refractivity contribution in [3.05, 3.63) is 81.5 Å². The third-order valence-electron chi connectivity index (χ3n) is 4.43. The van der Waals surface area contributed by atoms with Gasteiger partial charge in [-0.2, -0.15) is 5.10 Å². The number of hydrogen-bond donors (Lipinski definition) is 1. The maximum absolute atomic E-state index is 12.5. The lowest BCUT2D eigenvalue weighted by atomic mass is 9.95. The molecule has 0 bridgehead atoms. The number of hydrazone groups is 1. The molecule has 2 aromatic carbocycles. The van der Waals surface area contributed by atoms with Crippen LogP contribution in [0.3, 0.4) is 0 Å². The fourth-order valence-electron chi connectivity index (χ4n) is 3.05. The molecule has 1 N–H and O–H groups in total. The minimum atomic E-state index is -3.49. The summed E-state index contributed by atoms with van der Waals surface area (Å²) in [5.74, 6) is -0.358. The van der Waals surface area contributed by atoms with Crippen LogP contribution in [-0.2, 0) is 21.3 Å². The highest BCUT2D eigenvalue weighted by atomic mass is 35.5. The summed E-state index contributed by atoms with van der Waals surface area (Å²) in [6.45, 7) is 0.573. The van der Waals surface area contributed by atoms with Crippen molar-refractivity contribution in [3.8, 4) is 0 Å². The molecule has 10 heteroatoms. The zero-order chi connectivity index (χ0) is 20.4. The van der Waals surface area contributed by atoms with E-state index < -0.39 is 9.84 Å². The highest BCUT2D eigenvalue weighted by Gasteiger charge is 2.29. The zero-order valence-corrected chi connectivity index (χ0v) is 17.4. The molecule has 0 radical (unpaired) electrons. The Balaban J connectivity index is 1.49. The highest BCUT2D eigenvalue weighted by molar-refractivity contribution is 7.89. The van der Waals surface area contributed by atoms with Gasteiger partial charge in [-0.3, -0.25) is 0 Å². The molecule has 1 aliphatic rings. The van der Waals surface area contributed by atoms with E-state index in [1.807, 2.05) is 12.1 Å². The van der Waals surface area contributed by atoms with Crippen LogP contribution in [0.5, 0.6) is 0 Å². The van der Waals surface area contributed by atoms with Crippen molar-refractivity contribution >= 4 is 38.8 Å². The van der Waals surface area contributed by atoms with Crippen LogP contribution in [0.2, 0.25) is 10.0 Å². The van der Waals surface area contributed by atoms with E-state index in [0.717, 1.165) is 5.56 Å². The standard InChI is InChI=1S/C19H16Cl2N4O3S/c20-14-5-1-12(2-6-14)10-29(26,27)11-17-23-25-19(28-17)18-16(9-22-24-18)13-3-7-15(21)8-4-13/h1-8,16,22H,9-11H2/t16-/m0/s1. The highest BCUT2D eigenvalue weighted by Crippen LogP contribution is 2.25. The van der Waals surface area contributed by atoms with Gasteiger partial charge in [0.25, 0.3) is 5.89 Å². The third-order valence-corrected chi connectivity index (χ3v) is 6.39. The van der Waals surface area contributed by atoms with Gasteiger partial charge in [0.15, 0.2) is 9.84 Å². The van der Waals surface area contributed by atoms with E-state index in [4.69, 9.17) is 27.6 Å². The molecule has 0 aliphatic carbocycles. The van der Waals surface area contributed by atoms with Crippen LogP contribution in [0.1, 0.15) is 28.8 Å². The van der Waals surface area contributed by atoms with Gasteiger partial charge >= 0.3 is 0 Å². The zero-order valence-electron chi connectivity index (χ0n) is 15.0. The molecule has 0 fully saturated rings. The van der Waals surface area contributed by atoms with Crippen molar-refractivity contribution in [2.75, 3.05) is 6.54 Å². The molecular weight excluding hydrogens is 435 g/mol. The van der Waals surface area contributed by atoms with Gasteiger partial charge in [-0.05, 0) is 35.4 Å². The molecule has 0 unspecified atom stereocenters. The van der Waals surface area contributed by atoms with Crippen molar-refractivity contribution in [1.29, 1.82) is 0 Å². The van der Waals surface area contributed by atoms with Crippen molar-refractivity contribution in [3.63, 3.8) is 0 Å². The van der Waals surface area contributed by atoms with Gasteiger partial charge in [0.05, 0.1) is 11.7 Å². The summed E-state index contributed by atoms with van der Waals surface area (Å²) in [6.07, 6.45) is 0. The second-order valence-electron chi connectivity index (χ2n) is 6.62. The molecule has 2 heterocycles. The molecule has 0 saturated heterocycles. The number of rotatable bonds is 6. The van der Waals surface area contributed by atoms with E-state index in [1.54, 1.807) is 36.4 Å². The van der Waals surface area contributed by atoms with Gasteiger partial charge in [-0.1, -0.05) is 47.5 Å². The maximum atomic E-state index is 12.5. The molecule has 4 rings (SSSR count). The second kappa shape index (κ2) is 8.14. The summed E-state index contributed by atoms with van der Waals surface area (Å²) in [6, 6.07) is 14.1. The fourth-order valence-corrected chi connectivity index (χ4v) is 4.60. The predicted octanol–water partition coefficient (Wildman–Crippen LogP) is 3.58. The average Bonchev–Trinajstić information content (AvgIpc) is 3.33. The normalized spacial score (nSPS) is 16.5. The first-order valence-corrected chi connectivity index (χ1v) is 11.3. The number of sulfone groups is 1. The van der Waals surface area contributed by atoms with Gasteiger partial charge in [0.2, 0.25) is 5.89 Å². The number of nitrogens with one attached hydrogen (secondary N) is 1. The Morgan fingerprint density at radius 2 is 1.62 bits per heavy atom. The van der Waals surface area contributed by atoms with E-state index in [0.29, 0.717) is 27.9 Å². The molecule has 1 atom stereocenters. The molecule has 0 saturated carbocycles. The number of hydrogen-bond acceptors (Lipinski definition) is 7. The molecule has 7 nitrogen and oxygen atoms in total. The predicted molar refractivity (Wildman–Crippen MR) is 111 cm³/mol. The van der Waals surface area contributed by atoms with Crippen molar-refractivity contribution in [2.45, 2.75) is 17.4 Å².